The summed E-state index contributed by atoms with van der Waals surface area (Å²) in [5.41, 5.74) is 1.72. The summed E-state index contributed by atoms with van der Waals surface area (Å²) < 4.78 is 32.5. The van der Waals surface area contributed by atoms with Crippen molar-refractivity contribution in [2.45, 2.75) is 43.9 Å². The highest BCUT2D eigenvalue weighted by Crippen LogP contribution is 2.22. The number of benzene rings is 2. The third kappa shape index (κ3) is 6.05. The lowest BCUT2D eigenvalue weighted by atomic mass is 10.2. The number of aryl methyl sites for hydroxylation is 1. The van der Waals surface area contributed by atoms with Crippen LogP contribution in [0.25, 0.3) is 0 Å². The third-order valence-corrected chi connectivity index (χ3v) is 6.81. The maximum Gasteiger partial charge on any atom is 0.243 e. The third-order valence-electron chi connectivity index (χ3n) is 4.90. The fourth-order valence-corrected chi connectivity index (χ4v) is 4.83. The Hall–Kier alpha value is -2.38. The van der Waals surface area contributed by atoms with Gasteiger partial charge in [0.25, 0.3) is 0 Å². The van der Waals surface area contributed by atoms with Gasteiger partial charge in [0.05, 0.1) is 11.5 Å². The normalized spacial score (nSPS) is 15.1. The lowest BCUT2D eigenvalue weighted by Gasteiger charge is -2.25. The van der Waals surface area contributed by atoms with Gasteiger partial charge in [-0.25, -0.2) is 8.42 Å². The van der Waals surface area contributed by atoms with Gasteiger partial charge in [0.2, 0.25) is 15.9 Å². The zero-order valence-electron chi connectivity index (χ0n) is 16.8. The molecule has 0 radical (unpaired) electrons. The molecular weight excluding hydrogens is 388 g/mol. The van der Waals surface area contributed by atoms with E-state index in [0.717, 1.165) is 30.6 Å². The highest BCUT2D eigenvalue weighted by molar-refractivity contribution is 7.89. The van der Waals surface area contributed by atoms with E-state index < -0.39 is 10.0 Å². The van der Waals surface area contributed by atoms with E-state index in [1.54, 1.807) is 24.3 Å². The van der Waals surface area contributed by atoms with Crippen molar-refractivity contribution in [2.75, 3.05) is 25.0 Å². The maximum absolute atomic E-state index is 12.7. The fraction of sp³-hybridized carbons (Fsp3) is 0.409. The number of hydrogen-bond acceptors (Lipinski definition) is 4. The Morgan fingerprint density at radius 2 is 1.79 bits per heavy atom. The van der Waals surface area contributed by atoms with Crippen LogP contribution in [0.5, 0.6) is 5.75 Å². The van der Waals surface area contributed by atoms with Gasteiger partial charge < -0.3 is 10.1 Å². The quantitative estimate of drug-likeness (QED) is 0.661. The number of rotatable bonds is 8. The van der Waals surface area contributed by atoms with Gasteiger partial charge in [-0.1, -0.05) is 18.6 Å². The van der Waals surface area contributed by atoms with Crippen molar-refractivity contribution in [2.24, 2.45) is 0 Å². The Balaban J connectivity index is 1.46. The second-order valence-corrected chi connectivity index (χ2v) is 9.24. The van der Waals surface area contributed by atoms with Crippen LogP contribution < -0.4 is 10.1 Å². The fourth-order valence-electron chi connectivity index (χ4n) is 3.32. The van der Waals surface area contributed by atoms with E-state index in [4.69, 9.17) is 4.74 Å². The molecule has 0 aliphatic carbocycles. The van der Waals surface area contributed by atoms with Crippen LogP contribution in [-0.2, 0) is 14.8 Å². The maximum atomic E-state index is 12.7. The number of hydrogen-bond donors (Lipinski definition) is 1. The lowest BCUT2D eigenvalue weighted by molar-refractivity contribution is -0.116. The number of anilines is 1. The van der Waals surface area contributed by atoms with E-state index in [1.165, 1.54) is 4.31 Å². The van der Waals surface area contributed by atoms with Gasteiger partial charge in [-0.15, -0.1) is 0 Å². The summed E-state index contributed by atoms with van der Waals surface area (Å²) in [5.74, 6) is 0.681. The summed E-state index contributed by atoms with van der Waals surface area (Å²) in [7, 11) is -3.45. The van der Waals surface area contributed by atoms with Crippen molar-refractivity contribution >= 4 is 21.6 Å². The topological polar surface area (TPSA) is 75.7 Å². The smallest absolute Gasteiger partial charge is 0.243 e. The molecule has 3 rings (SSSR count). The molecule has 29 heavy (non-hydrogen) atoms. The minimum absolute atomic E-state index is 0.121. The molecule has 7 heteroatoms. The minimum atomic E-state index is -3.45. The Labute approximate surface area is 172 Å². The molecule has 0 bridgehead atoms. The zero-order valence-corrected chi connectivity index (χ0v) is 17.6. The van der Waals surface area contributed by atoms with Gasteiger partial charge >= 0.3 is 0 Å². The summed E-state index contributed by atoms with van der Waals surface area (Å²) >= 11 is 0. The predicted octanol–water partition coefficient (Wildman–Crippen LogP) is 3.97. The first-order valence-corrected chi connectivity index (χ1v) is 11.5. The van der Waals surface area contributed by atoms with Crippen LogP contribution in [-0.4, -0.2) is 38.3 Å². The lowest BCUT2D eigenvalue weighted by Crippen LogP contribution is -2.35. The molecule has 1 amide bonds. The Morgan fingerprint density at radius 1 is 1.07 bits per heavy atom. The molecule has 2 aromatic carbocycles. The number of nitrogens with one attached hydrogen (secondary N) is 1. The van der Waals surface area contributed by atoms with Gasteiger partial charge in [0.15, 0.2) is 0 Å². The second kappa shape index (κ2) is 9.89. The van der Waals surface area contributed by atoms with E-state index in [-0.39, 0.29) is 10.8 Å². The molecule has 0 unspecified atom stereocenters. The van der Waals surface area contributed by atoms with Crippen molar-refractivity contribution in [1.29, 1.82) is 0 Å². The summed E-state index contributed by atoms with van der Waals surface area (Å²) in [6.07, 6.45) is 3.82. The van der Waals surface area contributed by atoms with Crippen molar-refractivity contribution in [3.8, 4) is 5.75 Å². The molecule has 1 heterocycles. The molecule has 1 aliphatic rings. The minimum Gasteiger partial charge on any atom is -0.494 e. The number of carbonyl (C=O) groups is 1. The molecule has 0 aromatic heterocycles. The van der Waals surface area contributed by atoms with Gasteiger partial charge in [-0.2, -0.15) is 4.31 Å². The van der Waals surface area contributed by atoms with Crippen molar-refractivity contribution in [1.82, 2.24) is 4.31 Å². The van der Waals surface area contributed by atoms with Crippen LogP contribution >= 0.6 is 0 Å². The molecule has 0 spiro atoms. The van der Waals surface area contributed by atoms with E-state index in [0.29, 0.717) is 38.2 Å². The molecule has 156 valence electrons. The van der Waals surface area contributed by atoms with Gasteiger partial charge in [0, 0.05) is 25.2 Å². The van der Waals surface area contributed by atoms with Crippen LogP contribution in [0.4, 0.5) is 5.69 Å². The summed E-state index contributed by atoms with van der Waals surface area (Å²) in [4.78, 5) is 12.4. The van der Waals surface area contributed by atoms with Crippen molar-refractivity contribution in [3.63, 3.8) is 0 Å². The first kappa shape index (κ1) is 21.3. The van der Waals surface area contributed by atoms with Crippen LogP contribution in [0, 0.1) is 6.92 Å². The van der Waals surface area contributed by atoms with Gasteiger partial charge in [0.1, 0.15) is 5.75 Å². The largest absolute Gasteiger partial charge is 0.494 e. The SMILES string of the molecule is Cc1cccc(OCCCC(=O)Nc2ccc(S(=O)(=O)N3CCCCC3)cc2)c1. The van der Waals surface area contributed by atoms with E-state index in [9.17, 15) is 13.2 Å². The molecule has 1 N–H and O–H groups in total. The number of nitrogens with zero attached hydrogens (tertiary/aromatic N) is 1. The highest BCUT2D eigenvalue weighted by Gasteiger charge is 2.25. The summed E-state index contributed by atoms with van der Waals surface area (Å²) in [6, 6.07) is 14.2. The van der Waals surface area contributed by atoms with Crippen LogP contribution in [0.1, 0.15) is 37.7 Å². The monoisotopic (exact) mass is 416 g/mol. The zero-order chi connectivity index (χ0) is 20.7. The molecule has 6 nitrogen and oxygen atoms in total. The number of sulfonamides is 1. The molecule has 0 saturated carbocycles. The molecule has 1 aliphatic heterocycles. The van der Waals surface area contributed by atoms with Crippen LogP contribution in [0.15, 0.2) is 53.4 Å². The Morgan fingerprint density at radius 3 is 2.48 bits per heavy atom. The highest BCUT2D eigenvalue weighted by atomic mass is 32.2. The number of amides is 1. The van der Waals surface area contributed by atoms with Gasteiger partial charge in [-0.05, 0) is 68.1 Å². The summed E-state index contributed by atoms with van der Waals surface area (Å²) in [6.45, 7) is 3.62. The number of carbonyl (C=O) groups excluding carboxylic acids is 1. The standard InChI is InChI=1S/C22H28N2O4S/c1-18-7-5-8-20(17-18)28-16-6-9-22(25)23-19-10-12-21(13-11-19)29(26,27)24-14-3-2-4-15-24/h5,7-8,10-13,17H,2-4,6,9,14-16H2,1H3,(H,23,25). The molecular formula is C22H28N2O4S. The molecule has 0 atom stereocenters. The van der Waals surface area contributed by atoms with E-state index >= 15 is 0 Å². The number of piperidine rings is 1. The number of ether oxygens (including phenoxy) is 1. The van der Waals surface area contributed by atoms with Crippen LogP contribution in [0.2, 0.25) is 0 Å². The first-order chi connectivity index (χ1) is 13.9. The predicted molar refractivity (Wildman–Crippen MR) is 114 cm³/mol. The van der Waals surface area contributed by atoms with Crippen molar-refractivity contribution in [3.05, 3.63) is 54.1 Å². The Kier molecular flexibility index (Phi) is 7.28. The van der Waals surface area contributed by atoms with Crippen LogP contribution in [0.3, 0.4) is 0 Å². The Bertz CT molecular complexity index is 920. The molecule has 2 aromatic rings. The first-order valence-electron chi connectivity index (χ1n) is 10.0. The molecule has 1 saturated heterocycles. The van der Waals surface area contributed by atoms with Crippen molar-refractivity contribution < 1.29 is 17.9 Å². The van der Waals surface area contributed by atoms with E-state index in [1.807, 2.05) is 31.2 Å². The van der Waals surface area contributed by atoms with E-state index in [2.05, 4.69) is 5.32 Å². The van der Waals surface area contributed by atoms with Gasteiger partial charge in [-0.3, -0.25) is 4.79 Å². The average molecular weight is 417 g/mol. The second-order valence-electron chi connectivity index (χ2n) is 7.31. The summed E-state index contributed by atoms with van der Waals surface area (Å²) in [5, 5.41) is 2.80. The average Bonchev–Trinajstić information content (AvgIpc) is 2.72. The molecule has 1 fully saturated rings.